The van der Waals surface area contributed by atoms with Crippen LogP contribution in [0.15, 0.2) is 72.8 Å². The Morgan fingerprint density at radius 1 is 0.980 bits per heavy atom. The summed E-state index contributed by atoms with van der Waals surface area (Å²) in [5.74, 6) is -3.82. The first-order valence-electron chi connectivity index (χ1n) is 17.8. The van der Waals surface area contributed by atoms with Gasteiger partial charge in [-0.3, -0.25) is 19.2 Å². The van der Waals surface area contributed by atoms with Gasteiger partial charge in [-0.15, -0.1) is 0 Å². The summed E-state index contributed by atoms with van der Waals surface area (Å²) in [6.45, 7) is 9.58. The van der Waals surface area contributed by atoms with E-state index in [0.717, 1.165) is 16.8 Å². The Kier molecular flexibility index (Phi) is 10.1. The van der Waals surface area contributed by atoms with Gasteiger partial charge in [0.15, 0.2) is 0 Å². The molecule has 0 bridgehead atoms. The molecule has 4 aliphatic heterocycles. The van der Waals surface area contributed by atoms with Crippen LogP contribution in [0.5, 0.6) is 0 Å². The lowest BCUT2D eigenvalue weighted by Gasteiger charge is -2.40. The fourth-order valence-corrected chi connectivity index (χ4v) is 8.43. The number of hydrogen-bond donors (Lipinski definition) is 1. The lowest BCUT2D eigenvalue weighted by Crippen LogP contribution is -2.59. The first-order chi connectivity index (χ1) is 24.0. The van der Waals surface area contributed by atoms with E-state index in [0.29, 0.717) is 18.4 Å². The van der Waals surface area contributed by atoms with Crippen LogP contribution < -0.4 is 4.90 Å². The minimum absolute atomic E-state index is 0.0890. The lowest BCUT2D eigenvalue weighted by molar-refractivity contribution is -0.164. The summed E-state index contributed by atoms with van der Waals surface area (Å²) in [5, 5.41) is 10.8. The summed E-state index contributed by atoms with van der Waals surface area (Å²) in [6, 6.07) is 12.8. The van der Waals surface area contributed by atoms with E-state index in [2.05, 4.69) is 0 Å². The molecule has 2 aromatic rings. The number of esters is 1. The Balaban J connectivity index is 1.50. The number of allylic oxidation sites excluding steroid dienone is 1. The van der Waals surface area contributed by atoms with Crippen LogP contribution in [0.4, 0.5) is 5.69 Å². The maximum Gasteiger partial charge on any atom is 0.313 e. The van der Waals surface area contributed by atoms with E-state index in [1.807, 2.05) is 95.3 Å². The minimum Gasteiger partial charge on any atom is -0.455 e. The zero-order valence-corrected chi connectivity index (χ0v) is 29.8. The Morgan fingerprint density at radius 2 is 1.68 bits per heavy atom. The maximum absolute atomic E-state index is 15.1. The van der Waals surface area contributed by atoms with Gasteiger partial charge in [-0.25, -0.2) is 0 Å². The van der Waals surface area contributed by atoms with E-state index >= 15 is 9.59 Å². The number of fused-ring (bicyclic) bond motifs is 2. The molecule has 50 heavy (non-hydrogen) atoms. The maximum atomic E-state index is 15.1. The molecule has 2 saturated heterocycles. The molecule has 0 aliphatic carbocycles. The SMILES string of the molecule is CC[C@H](C)[C@H](CO)N1C(=O)[C@H]2[C@@H]3C(=O)O[C@@H](c4ccccc4)[C@H](C)N(C)C(=O)CC/C=C\[C@@H]3O[C@]23C=CCN(c2c(C)cccc2C)C(=O)[C@H]13. The Hall–Kier alpha value is -4.28. The van der Waals surface area contributed by atoms with Gasteiger partial charge in [-0.1, -0.05) is 93.1 Å². The molecule has 4 aliphatic rings. The van der Waals surface area contributed by atoms with Crippen molar-refractivity contribution < 1.29 is 33.8 Å². The van der Waals surface area contributed by atoms with E-state index in [9.17, 15) is 14.7 Å². The number of carbonyl (C=O) groups is 4. The van der Waals surface area contributed by atoms with Gasteiger partial charge in [-0.05, 0) is 49.8 Å². The van der Waals surface area contributed by atoms with Crippen molar-refractivity contribution in [2.24, 2.45) is 17.8 Å². The molecule has 1 spiro atoms. The second-order valence-electron chi connectivity index (χ2n) is 14.3. The molecule has 0 radical (unpaired) electrons. The van der Waals surface area contributed by atoms with Crippen LogP contribution >= 0.6 is 0 Å². The average Bonchev–Trinajstić information content (AvgIpc) is 3.50. The number of aliphatic hydroxyl groups is 1. The fraction of sp³-hybridized carbons (Fsp3) is 0.500. The van der Waals surface area contributed by atoms with Gasteiger partial charge < -0.3 is 29.3 Å². The van der Waals surface area contributed by atoms with Gasteiger partial charge in [0.25, 0.3) is 5.91 Å². The van der Waals surface area contributed by atoms with Crippen molar-refractivity contribution in [3.8, 4) is 0 Å². The number of aliphatic hydroxyl groups excluding tert-OH is 1. The van der Waals surface area contributed by atoms with Crippen molar-refractivity contribution in [3.05, 3.63) is 89.5 Å². The molecule has 2 aromatic carbocycles. The van der Waals surface area contributed by atoms with E-state index in [4.69, 9.17) is 9.47 Å². The third-order valence-electron chi connectivity index (χ3n) is 11.4. The number of hydrogen-bond acceptors (Lipinski definition) is 7. The van der Waals surface area contributed by atoms with Crippen molar-refractivity contribution in [2.45, 2.75) is 89.8 Å². The van der Waals surface area contributed by atoms with E-state index in [-0.39, 0.29) is 37.3 Å². The highest BCUT2D eigenvalue weighted by atomic mass is 16.6. The van der Waals surface area contributed by atoms with E-state index in [1.54, 1.807) is 29.0 Å². The fourth-order valence-electron chi connectivity index (χ4n) is 8.43. The molecule has 9 atom stereocenters. The summed E-state index contributed by atoms with van der Waals surface area (Å²) in [7, 11) is 1.71. The highest BCUT2D eigenvalue weighted by molar-refractivity contribution is 6.06. The second kappa shape index (κ2) is 14.2. The minimum atomic E-state index is -1.51. The smallest absolute Gasteiger partial charge is 0.313 e. The molecule has 0 aromatic heterocycles. The molecular formula is C40H49N3O7. The molecular weight excluding hydrogens is 634 g/mol. The summed E-state index contributed by atoms with van der Waals surface area (Å²) in [4.78, 5) is 62.8. The largest absolute Gasteiger partial charge is 0.455 e. The summed E-state index contributed by atoms with van der Waals surface area (Å²) in [5.41, 5.74) is 1.79. The number of nitrogens with zero attached hydrogens (tertiary/aromatic N) is 3. The van der Waals surface area contributed by atoms with Crippen molar-refractivity contribution in [1.29, 1.82) is 0 Å². The standard InChI is InChI=1S/C40H49N3O7/c1-7-24(2)29(23-44)43-36-38(47)42(34-25(3)15-13-16-26(34)4)22-14-21-40(36)33(37(43)46)32-30(50-40)19-11-12-20-31(45)41(6)27(5)35(49-39(32)48)28-17-9-8-10-18-28/h8-11,13-19,21,24,27,29-30,32-33,35-36,44H,7,12,20,22-23H2,1-6H3/b19-11-/t24-,27-,29-,30-,32+,33+,35+,36-,40+/m0/s1. The third-order valence-corrected chi connectivity index (χ3v) is 11.4. The second-order valence-corrected chi connectivity index (χ2v) is 14.3. The Labute approximate surface area is 294 Å². The van der Waals surface area contributed by atoms with Gasteiger partial charge in [0.2, 0.25) is 11.8 Å². The number of cyclic esters (lactones) is 1. The number of likely N-dealkylation sites (N-methyl/N-ethyl adjacent to an activating group) is 1. The van der Waals surface area contributed by atoms with Crippen LogP contribution in [0.2, 0.25) is 0 Å². The lowest BCUT2D eigenvalue weighted by atomic mass is 9.77. The number of ether oxygens (including phenoxy) is 2. The van der Waals surface area contributed by atoms with Gasteiger partial charge in [0, 0.05) is 25.7 Å². The third kappa shape index (κ3) is 5.86. The Morgan fingerprint density at radius 3 is 2.34 bits per heavy atom. The number of para-hydroxylation sites is 1. The van der Waals surface area contributed by atoms with Crippen molar-refractivity contribution in [3.63, 3.8) is 0 Å². The van der Waals surface area contributed by atoms with Crippen LogP contribution in [-0.2, 0) is 28.7 Å². The molecule has 2 fully saturated rings. The first-order valence-corrected chi connectivity index (χ1v) is 17.8. The molecule has 10 heteroatoms. The summed E-state index contributed by atoms with van der Waals surface area (Å²) < 4.78 is 13.3. The quantitative estimate of drug-likeness (QED) is 0.348. The highest BCUT2D eigenvalue weighted by Gasteiger charge is 2.73. The summed E-state index contributed by atoms with van der Waals surface area (Å²) in [6.07, 6.45) is 6.80. The van der Waals surface area contributed by atoms with Crippen LogP contribution in [0.25, 0.3) is 0 Å². The molecule has 1 N–H and O–H groups in total. The molecule has 266 valence electrons. The average molecular weight is 684 g/mol. The van der Waals surface area contributed by atoms with Gasteiger partial charge in [-0.2, -0.15) is 0 Å². The zero-order chi connectivity index (χ0) is 35.9. The van der Waals surface area contributed by atoms with Crippen molar-refractivity contribution >= 4 is 29.4 Å². The van der Waals surface area contributed by atoms with Crippen LogP contribution in [0.1, 0.15) is 62.8 Å². The predicted molar refractivity (Wildman–Crippen MR) is 189 cm³/mol. The first kappa shape index (κ1) is 35.5. The van der Waals surface area contributed by atoms with Crippen molar-refractivity contribution in [2.75, 3.05) is 25.1 Å². The number of anilines is 1. The van der Waals surface area contributed by atoms with E-state index in [1.165, 1.54) is 4.90 Å². The molecule has 4 heterocycles. The van der Waals surface area contributed by atoms with Gasteiger partial charge in [0.05, 0.1) is 30.7 Å². The molecule has 0 unspecified atom stereocenters. The van der Waals surface area contributed by atoms with Crippen LogP contribution in [0.3, 0.4) is 0 Å². The van der Waals surface area contributed by atoms with E-state index < -0.39 is 59.6 Å². The van der Waals surface area contributed by atoms with Crippen LogP contribution in [-0.4, -0.2) is 88.6 Å². The summed E-state index contributed by atoms with van der Waals surface area (Å²) >= 11 is 0. The Bertz CT molecular complexity index is 1670. The van der Waals surface area contributed by atoms with Gasteiger partial charge in [0.1, 0.15) is 23.7 Å². The highest BCUT2D eigenvalue weighted by Crippen LogP contribution is 2.54. The number of rotatable bonds is 6. The number of benzene rings is 2. The molecule has 6 rings (SSSR count). The molecule has 0 saturated carbocycles. The predicted octanol–water partition coefficient (Wildman–Crippen LogP) is 4.68. The van der Waals surface area contributed by atoms with Gasteiger partial charge >= 0.3 is 5.97 Å². The number of aryl methyl sites for hydroxylation is 2. The zero-order valence-electron chi connectivity index (χ0n) is 29.8. The molecule has 10 nitrogen and oxygen atoms in total. The monoisotopic (exact) mass is 683 g/mol. The number of amides is 3. The normalized spacial score (nSPS) is 31.9. The molecule has 3 amide bonds. The van der Waals surface area contributed by atoms with Crippen LogP contribution in [0, 0.1) is 31.6 Å². The van der Waals surface area contributed by atoms with Crippen molar-refractivity contribution in [1.82, 2.24) is 9.80 Å². The number of likely N-dealkylation sites (tertiary alicyclic amines) is 1. The topological polar surface area (TPSA) is 117 Å². The number of carbonyl (C=O) groups excluding carboxylic acids is 4.